The summed E-state index contributed by atoms with van der Waals surface area (Å²) in [4.78, 5) is 23.1. The molecule has 0 heterocycles. The van der Waals surface area contributed by atoms with Crippen molar-refractivity contribution in [2.45, 2.75) is 78.6 Å². The fraction of sp³-hybridized carbons (Fsp3) is 0.864. The van der Waals surface area contributed by atoms with Gasteiger partial charge in [-0.2, -0.15) is 5.10 Å². The Morgan fingerprint density at radius 2 is 1.81 bits per heavy atom. The van der Waals surface area contributed by atoms with Crippen LogP contribution in [-0.2, 0) is 4.79 Å². The maximum Gasteiger partial charge on any atom is 0.332 e. The zero-order valence-electron chi connectivity index (χ0n) is 17.1. The summed E-state index contributed by atoms with van der Waals surface area (Å²) in [6, 6.07) is -0.587. The molecule has 4 aliphatic carbocycles. The van der Waals surface area contributed by atoms with Crippen LogP contribution >= 0.6 is 0 Å². The van der Waals surface area contributed by atoms with Crippen LogP contribution in [0.2, 0.25) is 0 Å². The second kappa shape index (κ2) is 6.59. The Morgan fingerprint density at radius 3 is 2.56 bits per heavy atom. The largest absolute Gasteiger partial charge is 0.350 e. The van der Waals surface area contributed by atoms with Gasteiger partial charge in [-0.15, -0.1) is 0 Å². The Balaban J connectivity index is 1.56. The minimum Gasteiger partial charge on any atom is -0.350 e. The molecule has 4 saturated carbocycles. The number of hydrazone groups is 1. The standard InChI is InChI=1S/C22H35N3O2/c1-13(24-25-20(23)27)17-6-7-18-16-5-4-14-12-15(26)8-10-21(14,2)19(16)9-11-22(17,18)3/h14,16-19H,4-12H2,1-3H3,(H3,23,25,27)/b24-13-/t14-,16+,17-,18+,19+,21+,22-/m1/s1. The summed E-state index contributed by atoms with van der Waals surface area (Å²) in [6.45, 7) is 7.01. The number of hydrogen-bond acceptors (Lipinski definition) is 3. The van der Waals surface area contributed by atoms with E-state index in [-0.39, 0.29) is 5.41 Å². The predicted molar refractivity (Wildman–Crippen MR) is 106 cm³/mol. The Kier molecular flexibility index (Phi) is 4.63. The van der Waals surface area contributed by atoms with E-state index < -0.39 is 6.03 Å². The van der Waals surface area contributed by atoms with Crippen molar-refractivity contribution in [3.63, 3.8) is 0 Å². The summed E-state index contributed by atoms with van der Waals surface area (Å²) in [5, 5.41) is 4.29. The monoisotopic (exact) mass is 373 g/mol. The van der Waals surface area contributed by atoms with E-state index in [2.05, 4.69) is 24.4 Å². The summed E-state index contributed by atoms with van der Waals surface area (Å²) in [7, 11) is 0. The number of Topliss-reactive ketones (excluding diaryl/α,β-unsaturated/α-hetero) is 1. The van der Waals surface area contributed by atoms with E-state index in [1.807, 2.05) is 6.92 Å². The first kappa shape index (κ1) is 18.9. The van der Waals surface area contributed by atoms with E-state index in [0.29, 0.717) is 23.0 Å². The maximum atomic E-state index is 12.0. The summed E-state index contributed by atoms with van der Waals surface area (Å²) in [5.74, 6) is 3.86. The fourth-order valence-electron chi connectivity index (χ4n) is 7.95. The van der Waals surface area contributed by atoms with Gasteiger partial charge in [0.1, 0.15) is 5.78 Å². The average Bonchev–Trinajstić information content (AvgIpc) is 2.97. The van der Waals surface area contributed by atoms with E-state index in [1.54, 1.807) is 0 Å². The van der Waals surface area contributed by atoms with Crippen molar-refractivity contribution in [3.8, 4) is 0 Å². The highest BCUT2D eigenvalue weighted by molar-refractivity contribution is 5.86. The van der Waals surface area contributed by atoms with Gasteiger partial charge in [-0.1, -0.05) is 13.8 Å². The van der Waals surface area contributed by atoms with Crippen molar-refractivity contribution in [1.29, 1.82) is 0 Å². The number of fused-ring (bicyclic) bond motifs is 5. The highest BCUT2D eigenvalue weighted by Gasteiger charge is 2.60. The van der Waals surface area contributed by atoms with Gasteiger partial charge in [0.2, 0.25) is 0 Å². The lowest BCUT2D eigenvalue weighted by Gasteiger charge is -2.60. The summed E-state index contributed by atoms with van der Waals surface area (Å²) >= 11 is 0. The SMILES string of the molecule is C/C(=N/NC(N)=O)[C@H]1CC[C@H]2[C@@H]3CC[C@@H]4CC(=O)CC[C@]4(C)[C@H]3CC[C@]12C. The van der Waals surface area contributed by atoms with Crippen LogP contribution in [0, 0.1) is 40.4 Å². The maximum absolute atomic E-state index is 12.0. The molecular formula is C22H35N3O2. The second-order valence-electron chi connectivity index (χ2n) is 10.3. The van der Waals surface area contributed by atoms with Gasteiger partial charge in [-0.25, -0.2) is 10.2 Å². The number of rotatable bonds is 2. The Morgan fingerprint density at radius 1 is 1.07 bits per heavy atom. The first-order valence-corrected chi connectivity index (χ1v) is 10.9. The average molecular weight is 374 g/mol. The van der Waals surface area contributed by atoms with E-state index in [4.69, 9.17) is 5.73 Å². The Bertz CT molecular complexity index is 674. The quantitative estimate of drug-likeness (QED) is 0.560. The number of nitrogens with one attached hydrogen (secondary N) is 1. The first-order chi connectivity index (χ1) is 12.8. The Labute approximate surface area is 162 Å². The minimum atomic E-state index is -0.587. The highest BCUT2D eigenvalue weighted by Crippen LogP contribution is 2.67. The molecule has 150 valence electrons. The summed E-state index contributed by atoms with van der Waals surface area (Å²) in [6.07, 6.45) is 10.2. The van der Waals surface area contributed by atoms with Crippen molar-refractivity contribution in [1.82, 2.24) is 5.43 Å². The lowest BCUT2D eigenvalue weighted by atomic mass is 9.44. The van der Waals surface area contributed by atoms with E-state index in [1.165, 1.54) is 38.5 Å². The van der Waals surface area contributed by atoms with Crippen LogP contribution in [0.15, 0.2) is 5.10 Å². The molecule has 4 rings (SSSR count). The molecule has 4 aliphatic rings. The number of ketones is 1. The van der Waals surface area contributed by atoms with Gasteiger partial charge in [0.15, 0.2) is 0 Å². The molecule has 3 N–H and O–H groups in total. The van der Waals surface area contributed by atoms with E-state index >= 15 is 0 Å². The Hall–Kier alpha value is -1.39. The molecule has 5 heteroatoms. The molecule has 0 aromatic carbocycles. The molecule has 5 nitrogen and oxygen atoms in total. The predicted octanol–water partition coefficient (Wildman–Crippen LogP) is 4.26. The molecule has 0 radical (unpaired) electrons. The van der Waals surface area contributed by atoms with Crippen molar-refractivity contribution < 1.29 is 9.59 Å². The molecule has 0 unspecified atom stereocenters. The molecule has 0 saturated heterocycles. The van der Waals surface area contributed by atoms with Crippen LogP contribution in [0.5, 0.6) is 0 Å². The molecule has 0 bridgehead atoms. The lowest BCUT2D eigenvalue weighted by molar-refractivity contribution is -0.138. The molecule has 2 amide bonds. The van der Waals surface area contributed by atoms with Gasteiger partial charge in [-0.05, 0) is 86.4 Å². The van der Waals surface area contributed by atoms with E-state index in [0.717, 1.165) is 42.7 Å². The molecule has 27 heavy (non-hydrogen) atoms. The smallest absolute Gasteiger partial charge is 0.332 e. The third-order valence-corrected chi connectivity index (χ3v) is 9.33. The fourth-order valence-corrected chi connectivity index (χ4v) is 7.95. The molecule has 7 atom stereocenters. The second-order valence-corrected chi connectivity index (χ2v) is 10.3. The molecule has 0 spiro atoms. The van der Waals surface area contributed by atoms with Crippen LogP contribution in [0.1, 0.15) is 78.6 Å². The number of carbonyl (C=O) groups excluding carboxylic acids is 2. The van der Waals surface area contributed by atoms with Crippen LogP contribution in [0.25, 0.3) is 0 Å². The number of urea groups is 1. The summed E-state index contributed by atoms with van der Waals surface area (Å²) in [5.41, 5.74) is 9.31. The normalized spacial score (nSPS) is 47.0. The van der Waals surface area contributed by atoms with Gasteiger partial charge in [0, 0.05) is 24.5 Å². The number of nitrogens with zero attached hydrogens (tertiary/aromatic N) is 1. The zero-order valence-corrected chi connectivity index (χ0v) is 17.1. The molecule has 0 aromatic heterocycles. The van der Waals surface area contributed by atoms with Crippen LogP contribution in [0.3, 0.4) is 0 Å². The molecular weight excluding hydrogens is 338 g/mol. The zero-order chi connectivity index (χ0) is 19.4. The number of amides is 2. The van der Waals surface area contributed by atoms with Crippen molar-refractivity contribution in [3.05, 3.63) is 0 Å². The number of hydrogen-bond donors (Lipinski definition) is 2. The van der Waals surface area contributed by atoms with Gasteiger partial charge >= 0.3 is 6.03 Å². The molecule has 0 aliphatic heterocycles. The minimum absolute atomic E-state index is 0.280. The first-order valence-electron chi connectivity index (χ1n) is 10.9. The van der Waals surface area contributed by atoms with E-state index in [9.17, 15) is 9.59 Å². The molecule has 4 fully saturated rings. The third-order valence-electron chi connectivity index (χ3n) is 9.33. The number of primary amides is 1. The molecule has 0 aromatic rings. The topological polar surface area (TPSA) is 84.5 Å². The van der Waals surface area contributed by atoms with Crippen molar-refractivity contribution in [2.24, 2.45) is 51.3 Å². The number of carbonyl (C=O) groups is 2. The number of nitrogens with two attached hydrogens (primary N) is 1. The summed E-state index contributed by atoms with van der Waals surface area (Å²) < 4.78 is 0. The highest BCUT2D eigenvalue weighted by atomic mass is 16.2. The van der Waals surface area contributed by atoms with Gasteiger partial charge in [0.05, 0.1) is 0 Å². The van der Waals surface area contributed by atoms with Crippen LogP contribution in [-0.4, -0.2) is 17.5 Å². The van der Waals surface area contributed by atoms with Crippen molar-refractivity contribution in [2.75, 3.05) is 0 Å². The van der Waals surface area contributed by atoms with Crippen molar-refractivity contribution >= 4 is 17.5 Å². The van der Waals surface area contributed by atoms with Crippen LogP contribution in [0.4, 0.5) is 4.79 Å². The third kappa shape index (κ3) is 2.92. The lowest BCUT2D eigenvalue weighted by Crippen LogP contribution is -2.53. The van der Waals surface area contributed by atoms with Gasteiger partial charge < -0.3 is 5.73 Å². The van der Waals surface area contributed by atoms with Gasteiger partial charge in [0.25, 0.3) is 0 Å². The van der Waals surface area contributed by atoms with Gasteiger partial charge in [-0.3, -0.25) is 4.79 Å². The van der Waals surface area contributed by atoms with Crippen LogP contribution < -0.4 is 11.2 Å².